The Kier molecular flexibility index (Phi) is 5.97. The van der Waals surface area contributed by atoms with Crippen molar-refractivity contribution >= 4 is 5.91 Å². The van der Waals surface area contributed by atoms with Crippen LogP contribution in [0.4, 0.5) is 13.2 Å². The van der Waals surface area contributed by atoms with E-state index in [-0.39, 0.29) is 25.4 Å². The van der Waals surface area contributed by atoms with Crippen molar-refractivity contribution in [1.29, 1.82) is 0 Å². The Morgan fingerprint density at radius 1 is 1.52 bits per heavy atom. The lowest BCUT2D eigenvalue weighted by Crippen LogP contribution is -2.57. The zero-order valence-electron chi connectivity index (χ0n) is 12.7. The van der Waals surface area contributed by atoms with Gasteiger partial charge in [0.05, 0.1) is 0 Å². The Balaban J connectivity index is 1.95. The van der Waals surface area contributed by atoms with Gasteiger partial charge in [-0.3, -0.25) is 9.69 Å². The summed E-state index contributed by atoms with van der Waals surface area (Å²) in [6.45, 7) is 1.14. The molecule has 1 aliphatic heterocycles. The third-order valence-electron chi connectivity index (χ3n) is 3.50. The van der Waals surface area contributed by atoms with Crippen LogP contribution in [-0.2, 0) is 11.3 Å². The third-order valence-corrected chi connectivity index (χ3v) is 3.50. The van der Waals surface area contributed by atoms with Crippen molar-refractivity contribution in [3.63, 3.8) is 0 Å². The molecule has 1 aromatic rings. The molecule has 1 unspecified atom stereocenters. The second-order valence-electron chi connectivity index (χ2n) is 5.16. The molecule has 1 amide bonds. The molecule has 0 saturated carbocycles. The van der Waals surface area contributed by atoms with Gasteiger partial charge in [-0.25, -0.2) is 0 Å². The Hall–Kier alpha value is -1.65. The maximum absolute atomic E-state index is 13.2. The maximum Gasteiger partial charge on any atom is 0.405 e. The number of alkyl halides is 3. The van der Waals surface area contributed by atoms with Gasteiger partial charge in [0.1, 0.15) is 12.6 Å². The number of aromatic nitrogens is 1. The first kappa shape index (κ1) is 17.7. The Morgan fingerprint density at radius 2 is 2.22 bits per heavy atom. The van der Waals surface area contributed by atoms with E-state index in [4.69, 9.17) is 9.26 Å². The molecule has 23 heavy (non-hydrogen) atoms. The van der Waals surface area contributed by atoms with E-state index in [1.807, 2.05) is 0 Å². The van der Waals surface area contributed by atoms with Gasteiger partial charge in [-0.15, -0.1) is 0 Å². The minimum Gasteiger partial charge on any atom is -0.377 e. The van der Waals surface area contributed by atoms with Gasteiger partial charge in [0, 0.05) is 45.9 Å². The smallest absolute Gasteiger partial charge is 0.377 e. The average Bonchev–Trinajstić information content (AvgIpc) is 2.96. The number of piperazine rings is 1. The first-order valence-electron chi connectivity index (χ1n) is 7.16. The highest BCUT2D eigenvalue weighted by atomic mass is 19.4. The summed E-state index contributed by atoms with van der Waals surface area (Å²) in [6.07, 6.45) is -4.42. The number of hydrogen-bond donors (Lipinski definition) is 2. The molecule has 130 valence electrons. The standard InChI is InChI=1S/C13H19F3N4O3/c1-22-8-9-6-10(19-23-9)12(21)18-7-11(13(14,15)16)20-4-2-17-3-5-20/h6,11,17H,2-5,7-8H2,1H3,(H,18,21). The molecule has 2 rings (SSSR count). The second kappa shape index (κ2) is 7.75. The summed E-state index contributed by atoms with van der Waals surface area (Å²) in [5.74, 6) is -0.382. The molecule has 2 N–H and O–H groups in total. The lowest BCUT2D eigenvalue weighted by atomic mass is 10.2. The molecule has 1 aromatic heterocycles. The van der Waals surface area contributed by atoms with Crippen LogP contribution in [0.3, 0.4) is 0 Å². The van der Waals surface area contributed by atoms with Gasteiger partial charge >= 0.3 is 6.18 Å². The summed E-state index contributed by atoms with van der Waals surface area (Å²) in [5.41, 5.74) is -0.0710. The van der Waals surface area contributed by atoms with Crippen molar-refractivity contribution in [3.8, 4) is 0 Å². The topological polar surface area (TPSA) is 79.6 Å². The average molecular weight is 336 g/mol. The number of halogens is 3. The molecule has 0 bridgehead atoms. The number of carbonyl (C=O) groups excluding carboxylic acids is 1. The largest absolute Gasteiger partial charge is 0.405 e. The number of amides is 1. The van der Waals surface area contributed by atoms with Gasteiger partial charge < -0.3 is 19.9 Å². The molecule has 1 atom stereocenters. The second-order valence-corrected chi connectivity index (χ2v) is 5.16. The fraction of sp³-hybridized carbons (Fsp3) is 0.692. The van der Waals surface area contributed by atoms with Crippen molar-refractivity contribution in [2.45, 2.75) is 18.8 Å². The highest BCUT2D eigenvalue weighted by molar-refractivity contribution is 5.92. The molecule has 0 aromatic carbocycles. The molecule has 0 spiro atoms. The van der Waals surface area contributed by atoms with Crippen LogP contribution in [-0.4, -0.2) is 68.0 Å². The van der Waals surface area contributed by atoms with Crippen molar-refractivity contribution in [2.24, 2.45) is 0 Å². The van der Waals surface area contributed by atoms with E-state index in [1.54, 1.807) is 0 Å². The van der Waals surface area contributed by atoms with Gasteiger partial charge in [-0.1, -0.05) is 5.16 Å². The lowest BCUT2D eigenvalue weighted by molar-refractivity contribution is -0.183. The predicted molar refractivity (Wildman–Crippen MR) is 73.8 cm³/mol. The molecule has 1 fully saturated rings. The van der Waals surface area contributed by atoms with Crippen molar-refractivity contribution < 1.29 is 27.2 Å². The summed E-state index contributed by atoms with van der Waals surface area (Å²) in [6, 6.07) is -0.384. The first-order chi connectivity index (χ1) is 10.9. The van der Waals surface area contributed by atoms with E-state index in [1.165, 1.54) is 18.1 Å². The van der Waals surface area contributed by atoms with Crippen LogP contribution >= 0.6 is 0 Å². The molecule has 10 heteroatoms. The number of ether oxygens (including phenoxy) is 1. The summed E-state index contributed by atoms with van der Waals surface area (Å²) < 4.78 is 49.2. The van der Waals surface area contributed by atoms with Crippen LogP contribution < -0.4 is 10.6 Å². The number of rotatable bonds is 6. The number of nitrogens with zero attached hydrogens (tertiary/aromatic N) is 2. The number of nitrogens with one attached hydrogen (secondary N) is 2. The molecule has 7 nitrogen and oxygen atoms in total. The monoisotopic (exact) mass is 336 g/mol. The summed E-state index contributed by atoms with van der Waals surface area (Å²) >= 11 is 0. The number of hydrogen-bond acceptors (Lipinski definition) is 6. The minimum atomic E-state index is -4.42. The Bertz CT molecular complexity index is 515. The molecular formula is C13H19F3N4O3. The fourth-order valence-corrected chi connectivity index (χ4v) is 2.36. The van der Waals surface area contributed by atoms with Crippen LogP contribution in [0.1, 0.15) is 16.2 Å². The van der Waals surface area contributed by atoms with E-state index in [0.29, 0.717) is 18.8 Å². The van der Waals surface area contributed by atoms with Crippen LogP contribution in [0.25, 0.3) is 0 Å². The molecule has 2 heterocycles. The van der Waals surface area contributed by atoms with Crippen LogP contribution in [0.5, 0.6) is 0 Å². The molecule has 1 saturated heterocycles. The van der Waals surface area contributed by atoms with Gasteiger partial charge in [0.15, 0.2) is 11.5 Å². The van der Waals surface area contributed by atoms with Crippen molar-refractivity contribution in [1.82, 2.24) is 20.7 Å². The highest BCUT2D eigenvalue weighted by Gasteiger charge is 2.43. The number of carbonyl (C=O) groups is 1. The summed E-state index contributed by atoms with van der Waals surface area (Å²) in [7, 11) is 1.45. The molecular weight excluding hydrogens is 317 g/mol. The van der Waals surface area contributed by atoms with Gasteiger partial charge in [0.25, 0.3) is 5.91 Å². The Morgan fingerprint density at radius 3 is 2.83 bits per heavy atom. The molecule has 0 aliphatic carbocycles. The van der Waals surface area contributed by atoms with E-state index >= 15 is 0 Å². The van der Waals surface area contributed by atoms with E-state index in [0.717, 1.165) is 0 Å². The fourth-order valence-electron chi connectivity index (χ4n) is 2.36. The quantitative estimate of drug-likeness (QED) is 0.782. The van der Waals surface area contributed by atoms with Crippen molar-refractivity contribution in [3.05, 3.63) is 17.5 Å². The van der Waals surface area contributed by atoms with Gasteiger partial charge in [-0.2, -0.15) is 13.2 Å². The summed E-state index contributed by atoms with van der Waals surface area (Å²) in [5, 5.41) is 8.79. The maximum atomic E-state index is 13.2. The predicted octanol–water partition coefficient (Wildman–Crippen LogP) is 0.387. The van der Waals surface area contributed by atoms with E-state index < -0.39 is 24.7 Å². The van der Waals surface area contributed by atoms with Crippen LogP contribution in [0.2, 0.25) is 0 Å². The normalized spacial score (nSPS) is 17.9. The lowest BCUT2D eigenvalue weighted by Gasteiger charge is -2.35. The minimum absolute atomic E-state index is 0.0710. The van der Waals surface area contributed by atoms with Gasteiger partial charge in [0.2, 0.25) is 0 Å². The highest BCUT2D eigenvalue weighted by Crippen LogP contribution is 2.24. The molecule has 1 aliphatic rings. The zero-order valence-corrected chi connectivity index (χ0v) is 12.7. The van der Waals surface area contributed by atoms with Crippen LogP contribution in [0.15, 0.2) is 10.6 Å². The first-order valence-corrected chi connectivity index (χ1v) is 7.16. The number of methoxy groups -OCH3 is 1. The third kappa shape index (κ3) is 4.91. The van der Waals surface area contributed by atoms with E-state index in [2.05, 4.69) is 15.8 Å². The van der Waals surface area contributed by atoms with Crippen LogP contribution in [0, 0.1) is 0 Å². The SMILES string of the molecule is COCc1cc(C(=O)NCC(N2CCNCC2)C(F)(F)F)no1. The Labute approximate surface area is 131 Å². The van der Waals surface area contributed by atoms with Crippen molar-refractivity contribution in [2.75, 3.05) is 39.8 Å². The zero-order chi connectivity index (χ0) is 16.9. The van der Waals surface area contributed by atoms with Gasteiger partial charge in [-0.05, 0) is 0 Å². The molecule has 0 radical (unpaired) electrons. The summed E-state index contributed by atoms with van der Waals surface area (Å²) in [4.78, 5) is 13.2. The van der Waals surface area contributed by atoms with E-state index in [9.17, 15) is 18.0 Å².